The van der Waals surface area contributed by atoms with Gasteiger partial charge in [0.15, 0.2) is 0 Å². The highest BCUT2D eigenvalue weighted by Gasteiger charge is 2.38. The van der Waals surface area contributed by atoms with Crippen LogP contribution in [0.3, 0.4) is 0 Å². The van der Waals surface area contributed by atoms with E-state index >= 15 is 0 Å². The number of carbonyl (C=O) groups excluding carboxylic acids is 2. The van der Waals surface area contributed by atoms with Crippen LogP contribution in [-0.4, -0.2) is 41.2 Å². The van der Waals surface area contributed by atoms with Gasteiger partial charge in [0.2, 0.25) is 5.91 Å². The van der Waals surface area contributed by atoms with Gasteiger partial charge < -0.3 is 15.4 Å². The third-order valence-electron chi connectivity index (χ3n) is 4.62. The number of hydrogen-bond acceptors (Lipinski definition) is 5. The lowest BCUT2D eigenvalue weighted by atomic mass is 9.93. The number of amides is 2. The van der Waals surface area contributed by atoms with Crippen molar-refractivity contribution in [3.63, 3.8) is 0 Å². The van der Waals surface area contributed by atoms with Gasteiger partial charge in [0, 0.05) is 23.1 Å². The van der Waals surface area contributed by atoms with Crippen LogP contribution in [-0.2, 0) is 9.53 Å². The fraction of sp³-hybridized carbons (Fsp3) is 0.714. The predicted molar refractivity (Wildman–Crippen MR) is 119 cm³/mol. The van der Waals surface area contributed by atoms with E-state index in [9.17, 15) is 9.59 Å². The minimum absolute atomic E-state index is 0.0516. The zero-order chi connectivity index (χ0) is 20.7. The molecule has 1 aliphatic carbocycles. The van der Waals surface area contributed by atoms with Crippen molar-refractivity contribution in [3.05, 3.63) is 22.0 Å². The fourth-order valence-electron chi connectivity index (χ4n) is 3.54. The van der Waals surface area contributed by atoms with Gasteiger partial charge in [0.1, 0.15) is 5.60 Å². The molecule has 2 N–H and O–H groups in total. The molecule has 3 atom stereocenters. The molecule has 28 heavy (non-hydrogen) atoms. The second-order valence-electron chi connectivity index (χ2n) is 8.33. The molecule has 1 heterocycles. The number of alkyl carbamates (subject to hydrolysis) is 1. The highest BCUT2D eigenvalue weighted by atomic mass is 32.2. The molecule has 2 aliphatic rings. The fourth-order valence-corrected chi connectivity index (χ4v) is 6.24. The van der Waals surface area contributed by atoms with Crippen LogP contribution in [0.15, 0.2) is 22.0 Å². The molecule has 1 aliphatic heterocycles. The Morgan fingerprint density at radius 1 is 1.25 bits per heavy atom. The molecule has 2 fully saturated rings. The Morgan fingerprint density at radius 2 is 1.93 bits per heavy atom. The Balaban J connectivity index is 2.23. The average Bonchev–Trinajstić information content (AvgIpc) is 3.01. The standard InChI is InChI=1S/C21H34N2O3S2/c1-6-7-9-17(22-14(2)24)16-12-15(19-27-10-8-11-28-19)13-18(16)23-20(25)26-21(3,4)5/h7,9,16-18H,6,8,10-13H2,1-5H3,(H,22,24)(H,23,25)/b9-7+/t16-,17?,18+/m0/s1. The van der Waals surface area contributed by atoms with Crippen molar-refractivity contribution in [3.8, 4) is 0 Å². The molecule has 5 nitrogen and oxygen atoms in total. The van der Waals surface area contributed by atoms with E-state index in [0.29, 0.717) is 0 Å². The average molecular weight is 427 g/mol. The lowest BCUT2D eigenvalue weighted by molar-refractivity contribution is -0.119. The van der Waals surface area contributed by atoms with Gasteiger partial charge in [-0.25, -0.2) is 4.79 Å². The summed E-state index contributed by atoms with van der Waals surface area (Å²) in [5.74, 6) is 2.38. The van der Waals surface area contributed by atoms with Crippen LogP contribution in [0.5, 0.6) is 0 Å². The number of ether oxygens (including phenoxy) is 1. The third-order valence-corrected chi connectivity index (χ3v) is 7.42. The number of nitrogens with one attached hydrogen (secondary N) is 2. The predicted octanol–water partition coefficient (Wildman–Crippen LogP) is 4.84. The van der Waals surface area contributed by atoms with E-state index in [2.05, 4.69) is 29.7 Å². The summed E-state index contributed by atoms with van der Waals surface area (Å²) in [5.41, 5.74) is 0.870. The minimum Gasteiger partial charge on any atom is -0.444 e. The van der Waals surface area contributed by atoms with E-state index in [4.69, 9.17) is 4.74 Å². The van der Waals surface area contributed by atoms with Crippen molar-refractivity contribution in [2.45, 2.75) is 78.0 Å². The molecule has 2 rings (SSSR count). The van der Waals surface area contributed by atoms with Crippen molar-refractivity contribution in [1.82, 2.24) is 10.6 Å². The number of allylic oxidation sites excluding steroid dienone is 1. The largest absolute Gasteiger partial charge is 0.444 e. The maximum Gasteiger partial charge on any atom is 0.407 e. The Morgan fingerprint density at radius 3 is 2.50 bits per heavy atom. The molecule has 0 bridgehead atoms. The summed E-state index contributed by atoms with van der Waals surface area (Å²) in [6.45, 7) is 9.22. The van der Waals surface area contributed by atoms with Crippen molar-refractivity contribution < 1.29 is 14.3 Å². The van der Waals surface area contributed by atoms with Crippen LogP contribution in [0.2, 0.25) is 0 Å². The Kier molecular flexibility index (Phi) is 8.81. The summed E-state index contributed by atoms with van der Waals surface area (Å²) >= 11 is 3.86. The van der Waals surface area contributed by atoms with Crippen molar-refractivity contribution in [1.29, 1.82) is 0 Å². The molecule has 0 aromatic rings. The Hall–Kier alpha value is -1.08. The maximum absolute atomic E-state index is 12.4. The van der Waals surface area contributed by atoms with Crippen molar-refractivity contribution in [2.75, 3.05) is 11.5 Å². The zero-order valence-electron chi connectivity index (χ0n) is 17.7. The molecule has 1 unspecified atom stereocenters. The zero-order valence-corrected chi connectivity index (χ0v) is 19.3. The van der Waals surface area contributed by atoms with E-state index in [1.165, 1.54) is 16.2 Å². The van der Waals surface area contributed by atoms with Gasteiger partial charge >= 0.3 is 6.09 Å². The summed E-state index contributed by atoms with van der Waals surface area (Å²) in [6.07, 6.45) is 7.61. The first-order valence-electron chi connectivity index (χ1n) is 10.1. The molecule has 0 aromatic carbocycles. The lowest BCUT2D eigenvalue weighted by Crippen LogP contribution is -2.48. The summed E-state index contributed by atoms with van der Waals surface area (Å²) in [7, 11) is 0. The second-order valence-corrected chi connectivity index (χ2v) is 10.8. The molecule has 0 spiro atoms. The smallest absolute Gasteiger partial charge is 0.407 e. The van der Waals surface area contributed by atoms with Crippen LogP contribution in [0.4, 0.5) is 4.79 Å². The van der Waals surface area contributed by atoms with Gasteiger partial charge in [-0.1, -0.05) is 19.1 Å². The highest BCUT2D eigenvalue weighted by molar-refractivity contribution is 8.22. The summed E-state index contributed by atoms with van der Waals surface area (Å²) < 4.78 is 6.90. The van der Waals surface area contributed by atoms with Gasteiger partial charge in [0.25, 0.3) is 0 Å². The van der Waals surface area contributed by atoms with Crippen LogP contribution in [0.1, 0.15) is 60.3 Å². The Bertz CT molecular complexity index is 618. The third kappa shape index (κ3) is 7.39. The first-order chi connectivity index (χ1) is 13.2. The molecule has 7 heteroatoms. The summed E-state index contributed by atoms with van der Waals surface area (Å²) in [6, 6.07) is -0.159. The first kappa shape index (κ1) is 23.2. The molecular weight excluding hydrogens is 392 g/mol. The monoisotopic (exact) mass is 426 g/mol. The number of carbonyl (C=O) groups is 2. The van der Waals surface area contributed by atoms with Gasteiger partial charge in [-0.05, 0) is 63.5 Å². The SMILES string of the molecule is CC/C=C/C(NC(C)=O)[C@@H]1CC(=C2SCCCS2)C[C@H]1NC(=O)OC(C)(C)C. The van der Waals surface area contributed by atoms with E-state index in [1.54, 1.807) is 6.92 Å². The minimum atomic E-state index is -0.534. The number of rotatable bonds is 5. The van der Waals surface area contributed by atoms with Crippen LogP contribution in [0, 0.1) is 5.92 Å². The Labute approximate surface area is 177 Å². The van der Waals surface area contributed by atoms with E-state index in [0.717, 1.165) is 30.8 Å². The molecule has 0 aromatic heterocycles. The van der Waals surface area contributed by atoms with E-state index < -0.39 is 11.7 Å². The summed E-state index contributed by atoms with van der Waals surface area (Å²) in [5, 5.41) is 6.16. The maximum atomic E-state index is 12.4. The first-order valence-corrected chi connectivity index (χ1v) is 12.1. The summed E-state index contributed by atoms with van der Waals surface area (Å²) in [4.78, 5) is 24.2. The number of thioether (sulfide) groups is 2. The molecular formula is C21H34N2O3S2. The van der Waals surface area contributed by atoms with Crippen molar-refractivity contribution in [2.24, 2.45) is 5.92 Å². The lowest BCUT2D eigenvalue weighted by Gasteiger charge is -2.28. The molecule has 1 saturated carbocycles. The van der Waals surface area contributed by atoms with Crippen LogP contribution < -0.4 is 10.6 Å². The quantitative estimate of drug-likeness (QED) is 0.616. The van der Waals surface area contributed by atoms with Gasteiger partial charge in [-0.15, -0.1) is 23.5 Å². The highest BCUT2D eigenvalue weighted by Crippen LogP contribution is 2.45. The number of hydrogen-bond donors (Lipinski definition) is 2. The topological polar surface area (TPSA) is 67.4 Å². The van der Waals surface area contributed by atoms with E-state index in [-0.39, 0.29) is 23.9 Å². The second kappa shape index (κ2) is 10.6. The molecule has 1 saturated heterocycles. The van der Waals surface area contributed by atoms with Gasteiger partial charge in [0.05, 0.1) is 6.04 Å². The van der Waals surface area contributed by atoms with Crippen LogP contribution in [0.25, 0.3) is 0 Å². The van der Waals surface area contributed by atoms with E-state index in [1.807, 2.05) is 44.3 Å². The van der Waals surface area contributed by atoms with Gasteiger partial charge in [-0.2, -0.15) is 0 Å². The molecule has 2 amide bonds. The van der Waals surface area contributed by atoms with Gasteiger partial charge in [-0.3, -0.25) is 4.79 Å². The molecule has 158 valence electrons. The normalized spacial score (nSPS) is 24.3. The van der Waals surface area contributed by atoms with Crippen LogP contribution >= 0.6 is 23.5 Å². The molecule has 0 radical (unpaired) electrons. The van der Waals surface area contributed by atoms with Crippen molar-refractivity contribution >= 4 is 35.5 Å².